The number of benzene rings is 2. The van der Waals surface area contributed by atoms with Crippen molar-refractivity contribution in [3.8, 4) is 0 Å². The monoisotopic (exact) mass is 357 g/mol. The van der Waals surface area contributed by atoms with Crippen LogP contribution >= 0.6 is 12.2 Å². The topological polar surface area (TPSA) is 96.5 Å². The first kappa shape index (κ1) is 18.1. The lowest BCUT2D eigenvalue weighted by atomic mass is 10.1. The van der Waals surface area contributed by atoms with Crippen LogP contribution in [0.2, 0.25) is 0 Å². The molecule has 25 heavy (non-hydrogen) atoms. The van der Waals surface area contributed by atoms with Gasteiger partial charge in [0, 0.05) is 11.1 Å². The number of rotatable bonds is 3. The molecule has 8 heteroatoms. The minimum absolute atomic E-state index is 0.0854. The van der Waals surface area contributed by atoms with Crippen molar-refractivity contribution in [3.05, 3.63) is 71.3 Å². The highest BCUT2D eigenvalue weighted by molar-refractivity contribution is 7.80. The standard InChI is InChI=1S/C17H15N3O4S/c1-24-16(23)13-9-5-8-12(10-13)14(21)18-17(25)20-19-15(22)11-6-3-2-4-7-11/h2-10H,1H3,(H,19,22)(H2,18,20,21,25). The predicted octanol–water partition coefficient (Wildman–Crippen LogP) is 1.42. The van der Waals surface area contributed by atoms with Crippen LogP contribution in [-0.4, -0.2) is 30.0 Å². The molecule has 2 rings (SSSR count). The average Bonchev–Trinajstić information content (AvgIpc) is 2.66. The molecular weight excluding hydrogens is 342 g/mol. The van der Waals surface area contributed by atoms with E-state index in [1.807, 2.05) is 0 Å². The van der Waals surface area contributed by atoms with Crippen LogP contribution in [0.5, 0.6) is 0 Å². The fraction of sp³-hybridized carbons (Fsp3) is 0.0588. The molecule has 2 aromatic rings. The smallest absolute Gasteiger partial charge is 0.337 e. The summed E-state index contributed by atoms with van der Waals surface area (Å²) in [4.78, 5) is 35.5. The fourth-order valence-electron chi connectivity index (χ4n) is 1.89. The van der Waals surface area contributed by atoms with Gasteiger partial charge in [0.2, 0.25) is 0 Å². The quantitative estimate of drug-likeness (QED) is 0.437. The van der Waals surface area contributed by atoms with Crippen molar-refractivity contribution in [2.45, 2.75) is 0 Å². The lowest BCUT2D eigenvalue weighted by molar-refractivity contribution is 0.0600. The Morgan fingerprint density at radius 2 is 1.48 bits per heavy atom. The van der Waals surface area contributed by atoms with E-state index in [-0.39, 0.29) is 16.2 Å². The minimum Gasteiger partial charge on any atom is -0.465 e. The Kier molecular flexibility index (Phi) is 6.19. The van der Waals surface area contributed by atoms with Gasteiger partial charge in [-0.3, -0.25) is 25.8 Å². The van der Waals surface area contributed by atoms with Gasteiger partial charge in [0.05, 0.1) is 12.7 Å². The van der Waals surface area contributed by atoms with Gasteiger partial charge in [0.25, 0.3) is 11.8 Å². The van der Waals surface area contributed by atoms with Crippen LogP contribution in [-0.2, 0) is 4.74 Å². The third-order valence-electron chi connectivity index (χ3n) is 3.10. The van der Waals surface area contributed by atoms with E-state index in [0.717, 1.165) is 0 Å². The van der Waals surface area contributed by atoms with Crippen LogP contribution < -0.4 is 16.2 Å². The van der Waals surface area contributed by atoms with E-state index in [4.69, 9.17) is 12.2 Å². The highest BCUT2D eigenvalue weighted by Crippen LogP contribution is 2.06. The van der Waals surface area contributed by atoms with Crippen molar-refractivity contribution in [2.24, 2.45) is 0 Å². The van der Waals surface area contributed by atoms with Crippen molar-refractivity contribution in [1.29, 1.82) is 0 Å². The molecule has 0 atom stereocenters. The molecule has 0 saturated carbocycles. The molecule has 0 radical (unpaired) electrons. The number of methoxy groups -OCH3 is 1. The molecule has 0 aliphatic heterocycles. The average molecular weight is 357 g/mol. The first-order valence-electron chi connectivity index (χ1n) is 7.16. The van der Waals surface area contributed by atoms with Gasteiger partial charge in [-0.25, -0.2) is 4.79 Å². The van der Waals surface area contributed by atoms with Crippen LogP contribution in [0, 0.1) is 0 Å². The molecule has 3 N–H and O–H groups in total. The number of ether oxygens (including phenoxy) is 1. The molecule has 2 amide bonds. The molecule has 0 fully saturated rings. The summed E-state index contributed by atoms with van der Waals surface area (Å²) in [5, 5.41) is 2.32. The zero-order valence-electron chi connectivity index (χ0n) is 13.2. The molecule has 0 unspecified atom stereocenters. The Labute approximate surface area is 149 Å². The molecular formula is C17H15N3O4S. The number of carbonyl (C=O) groups is 3. The molecule has 0 aromatic heterocycles. The van der Waals surface area contributed by atoms with Gasteiger partial charge in [-0.2, -0.15) is 0 Å². The second kappa shape index (κ2) is 8.55. The molecule has 0 bridgehead atoms. The number of hydrazine groups is 1. The normalized spacial score (nSPS) is 9.64. The van der Waals surface area contributed by atoms with Crippen LogP contribution in [0.15, 0.2) is 54.6 Å². The summed E-state index contributed by atoms with van der Waals surface area (Å²) in [5.41, 5.74) is 5.72. The highest BCUT2D eigenvalue weighted by Gasteiger charge is 2.12. The Morgan fingerprint density at radius 3 is 2.16 bits per heavy atom. The first-order valence-corrected chi connectivity index (χ1v) is 7.57. The van der Waals surface area contributed by atoms with Crippen LogP contribution in [0.1, 0.15) is 31.1 Å². The molecule has 7 nitrogen and oxygen atoms in total. The molecule has 128 valence electrons. The summed E-state index contributed by atoms with van der Waals surface area (Å²) < 4.78 is 4.60. The zero-order chi connectivity index (χ0) is 18.2. The van der Waals surface area contributed by atoms with Gasteiger partial charge >= 0.3 is 5.97 Å². The molecule has 0 spiro atoms. The molecule has 2 aromatic carbocycles. The van der Waals surface area contributed by atoms with Gasteiger partial charge in [-0.1, -0.05) is 24.3 Å². The minimum atomic E-state index is -0.550. The third-order valence-corrected chi connectivity index (χ3v) is 3.30. The third kappa shape index (κ3) is 5.11. The number of esters is 1. The predicted molar refractivity (Wildman–Crippen MR) is 94.9 cm³/mol. The second-order valence-electron chi connectivity index (χ2n) is 4.80. The van der Waals surface area contributed by atoms with E-state index >= 15 is 0 Å². The van der Waals surface area contributed by atoms with Crippen LogP contribution in [0.4, 0.5) is 0 Å². The maximum absolute atomic E-state index is 12.1. The summed E-state index contributed by atoms with van der Waals surface area (Å²) >= 11 is 4.96. The summed E-state index contributed by atoms with van der Waals surface area (Å²) in [6, 6.07) is 14.5. The largest absolute Gasteiger partial charge is 0.465 e. The van der Waals surface area contributed by atoms with Gasteiger partial charge < -0.3 is 4.74 Å². The van der Waals surface area contributed by atoms with Crippen molar-refractivity contribution >= 4 is 35.1 Å². The lowest BCUT2D eigenvalue weighted by Crippen LogP contribution is -2.48. The van der Waals surface area contributed by atoms with E-state index < -0.39 is 17.8 Å². The zero-order valence-corrected chi connectivity index (χ0v) is 14.1. The second-order valence-corrected chi connectivity index (χ2v) is 5.21. The molecule has 0 heterocycles. The molecule has 0 aliphatic carbocycles. The number of hydrogen-bond donors (Lipinski definition) is 3. The first-order chi connectivity index (χ1) is 12.0. The number of thiocarbonyl (C=S) groups is 1. The number of carbonyl (C=O) groups excluding carboxylic acids is 3. The number of nitrogens with one attached hydrogen (secondary N) is 3. The van der Waals surface area contributed by atoms with E-state index in [1.165, 1.54) is 25.3 Å². The number of amides is 2. The van der Waals surface area contributed by atoms with Crippen LogP contribution in [0.3, 0.4) is 0 Å². The Hall–Kier alpha value is -3.26. The molecule has 0 saturated heterocycles. The summed E-state index contributed by atoms with van der Waals surface area (Å²) in [6.07, 6.45) is 0. The Bertz CT molecular complexity index is 809. The van der Waals surface area contributed by atoms with Crippen molar-refractivity contribution < 1.29 is 19.1 Å². The van der Waals surface area contributed by atoms with Gasteiger partial charge in [0.1, 0.15) is 0 Å². The van der Waals surface area contributed by atoms with Crippen molar-refractivity contribution in [1.82, 2.24) is 16.2 Å². The maximum atomic E-state index is 12.1. The lowest BCUT2D eigenvalue weighted by Gasteiger charge is -2.11. The van der Waals surface area contributed by atoms with Crippen molar-refractivity contribution in [3.63, 3.8) is 0 Å². The van der Waals surface area contributed by atoms with E-state index in [0.29, 0.717) is 5.56 Å². The van der Waals surface area contributed by atoms with Gasteiger partial charge in [-0.15, -0.1) is 0 Å². The van der Waals surface area contributed by atoms with Crippen molar-refractivity contribution in [2.75, 3.05) is 7.11 Å². The van der Waals surface area contributed by atoms with E-state index in [1.54, 1.807) is 36.4 Å². The maximum Gasteiger partial charge on any atom is 0.337 e. The molecule has 0 aliphatic rings. The fourth-order valence-corrected chi connectivity index (χ4v) is 2.03. The van der Waals surface area contributed by atoms with Crippen LogP contribution in [0.25, 0.3) is 0 Å². The Morgan fingerprint density at radius 1 is 0.840 bits per heavy atom. The summed E-state index contributed by atoms with van der Waals surface area (Å²) in [5.74, 6) is -1.48. The van der Waals surface area contributed by atoms with E-state index in [9.17, 15) is 14.4 Å². The van der Waals surface area contributed by atoms with Gasteiger partial charge in [0.15, 0.2) is 5.11 Å². The highest BCUT2D eigenvalue weighted by atomic mass is 32.1. The van der Waals surface area contributed by atoms with Gasteiger partial charge in [-0.05, 0) is 42.5 Å². The summed E-state index contributed by atoms with van der Waals surface area (Å²) in [7, 11) is 1.25. The number of hydrogen-bond acceptors (Lipinski definition) is 5. The SMILES string of the molecule is COC(=O)c1cccc(C(=O)NC(=S)NNC(=O)c2ccccc2)c1. The van der Waals surface area contributed by atoms with E-state index in [2.05, 4.69) is 20.9 Å². The summed E-state index contributed by atoms with van der Waals surface area (Å²) in [6.45, 7) is 0. The Balaban J connectivity index is 1.91.